The molecule has 0 radical (unpaired) electrons. The van der Waals surface area contributed by atoms with E-state index in [0.29, 0.717) is 22.3 Å². The average Bonchev–Trinajstić information content (AvgIpc) is 3.15. The second-order valence-corrected chi connectivity index (χ2v) is 7.31. The minimum Gasteiger partial charge on any atom is -0.507 e. The van der Waals surface area contributed by atoms with Crippen LogP contribution in [-0.4, -0.2) is 33.3 Å². The number of aryl methyl sites for hydroxylation is 1. The Balaban J connectivity index is 1.77. The Kier molecular flexibility index (Phi) is 3.72. The highest BCUT2D eigenvalue weighted by atomic mass is 79.9. The second kappa shape index (κ2) is 5.69. The van der Waals surface area contributed by atoms with Crippen molar-refractivity contribution in [3.63, 3.8) is 0 Å². The number of aromatic nitrogens is 1. The molecule has 25 heavy (non-hydrogen) atoms. The van der Waals surface area contributed by atoms with E-state index in [9.17, 15) is 5.11 Å². The number of halogens is 3. The predicted molar refractivity (Wildman–Crippen MR) is 100 cm³/mol. The lowest BCUT2D eigenvalue weighted by atomic mass is 9.87. The Hall–Kier alpha value is -2.15. The largest absolute Gasteiger partial charge is 0.732 e. The summed E-state index contributed by atoms with van der Waals surface area (Å²) in [4.78, 5) is 0. The van der Waals surface area contributed by atoms with Crippen LogP contribution in [0.5, 0.6) is 5.75 Å². The van der Waals surface area contributed by atoms with E-state index in [-0.39, 0.29) is 11.8 Å². The Labute approximate surface area is 152 Å². The third-order valence-corrected chi connectivity index (χ3v) is 5.49. The van der Waals surface area contributed by atoms with E-state index in [2.05, 4.69) is 15.9 Å². The first-order chi connectivity index (χ1) is 11.9. The Bertz CT molecular complexity index is 962. The number of allylic oxidation sites excluding steroid dienone is 1. The second-order valence-electron chi connectivity index (χ2n) is 6.45. The van der Waals surface area contributed by atoms with Crippen molar-refractivity contribution in [3.05, 3.63) is 63.4 Å². The van der Waals surface area contributed by atoms with Gasteiger partial charge in [-0.2, -0.15) is 0 Å². The van der Waals surface area contributed by atoms with Crippen LogP contribution in [0.1, 0.15) is 22.5 Å². The number of hydrogen-bond acceptors (Lipinski definition) is 1. The topological polar surface area (TPSA) is 28.2 Å². The van der Waals surface area contributed by atoms with Crippen LogP contribution in [0, 0.1) is 6.92 Å². The van der Waals surface area contributed by atoms with Crippen molar-refractivity contribution < 1.29 is 18.2 Å². The van der Waals surface area contributed by atoms with E-state index in [4.69, 9.17) is 0 Å². The van der Waals surface area contributed by atoms with Gasteiger partial charge < -0.3 is 22.7 Å². The van der Waals surface area contributed by atoms with Crippen molar-refractivity contribution in [2.75, 3.05) is 0 Å². The number of phenolic OH excluding ortho intramolecular Hbond substituents is 1. The summed E-state index contributed by atoms with van der Waals surface area (Å²) < 4.78 is 33.1. The number of phenols is 1. The number of fused-ring (bicyclic) bond motifs is 2. The number of benzene rings is 1. The summed E-state index contributed by atoms with van der Waals surface area (Å²) in [6.45, 7) is -1.98. The summed E-state index contributed by atoms with van der Waals surface area (Å²) in [7, 11) is 0. The predicted octanol–water partition coefficient (Wildman–Crippen LogP) is 4.24. The molecule has 2 aliphatic rings. The molecule has 1 N–H and O–H groups in total. The highest BCUT2D eigenvalue weighted by molar-refractivity contribution is 9.10. The lowest BCUT2D eigenvalue weighted by molar-refractivity contribution is -0.452. The Morgan fingerprint density at radius 2 is 2.12 bits per heavy atom. The van der Waals surface area contributed by atoms with Crippen LogP contribution in [0.25, 0.3) is 12.2 Å². The monoisotopic (exact) mass is 404 g/mol. The molecular weight excluding hydrogens is 389 g/mol. The third kappa shape index (κ3) is 2.57. The highest BCUT2D eigenvalue weighted by Gasteiger charge is 2.52. The van der Waals surface area contributed by atoms with E-state index in [1.54, 1.807) is 36.4 Å². The molecule has 1 unspecified atom stereocenters. The molecule has 2 aliphatic heterocycles. The maximum atomic E-state index is 15.1. The van der Waals surface area contributed by atoms with Crippen LogP contribution in [0.4, 0.5) is 8.63 Å². The van der Waals surface area contributed by atoms with Crippen molar-refractivity contribution in [1.29, 1.82) is 0 Å². The molecule has 128 valence electrons. The molecule has 0 fully saturated rings. The molecular formula is C18H16BBrF2N2O. The van der Waals surface area contributed by atoms with Gasteiger partial charge in [0, 0.05) is 12.1 Å². The van der Waals surface area contributed by atoms with Gasteiger partial charge in [-0.15, -0.1) is 0 Å². The van der Waals surface area contributed by atoms with Gasteiger partial charge in [0.15, 0.2) is 0 Å². The van der Waals surface area contributed by atoms with Gasteiger partial charge >= 0.3 is 6.97 Å². The first-order valence-corrected chi connectivity index (χ1v) is 8.86. The van der Waals surface area contributed by atoms with Crippen LogP contribution in [0.2, 0.25) is 0 Å². The fraction of sp³-hybridized carbons (Fsp3) is 0.167. The average molecular weight is 405 g/mol. The van der Waals surface area contributed by atoms with Crippen molar-refractivity contribution >= 4 is 41.3 Å². The zero-order valence-electron chi connectivity index (χ0n) is 13.5. The molecule has 7 heteroatoms. The van der Waals surface area contributed by atoms with Gasteiger partial charge in [0.2, 0.25) is 0 Å². The van der Waals surface area contributed by atoms with Gasteiger partial charge in [0.25, 0.3) is 0 Å². The van der Waals surface area contributed by atoms with Crippen molar-refractivity contribution in [3.8, 4) is 5.75 Å². The summed E-state index contributed by atoms with van der Waals surface area (Å²) in [5.74, 6) is 0.144. The lowest BCUT2D eigenvalue weighted by Crippen LogP contribution is -2.55. The standard InChI is InChI=1S/C18H16BBrF2N2O/c1-12-9-15(6-4-13-5-7-18(25)16(20)10-13)24-17(12)11-14-3-2-8-23(14)19(24,21)22/h2-10,14,25H,11H2,1H3/b6-4+. The maximum absolute atomic E-state index is 15.1. The molecule has 0 aliphatic carbocycles. The molecule has 0 saturated carbocycles. The Morgan fingerprint density at radius 3 is 2.88 bits per heavy atom. The molecule has 1 aromatic carbocycles. The van der Waals surface area contributed by atoms with E-state index in [1.807, 2.05) is 19.1 Å². The van der Waals surface area contributed by atoms with E-state index in [0.717, 1.165) is 11.1 Å². The van der Waals surface area contributed by atoms with Crippen LogP contribution < -0.4 is 0 Å². The zero-order chi connectivity index (χ0) is 17.8. The SMILES string of the molecule is Cc1cc(/C=C/c2ccc(O)c(Br)c2)n2c1CC1C=CC=[N+]1[B-]2(F)F. The smallest absolute Gasteiger partial charge is 0.507 e. The summed E-state index contributed by atoms with van der Waals surface area (Å²) in [6, 6.07) is 6.59. The minimum absolute atomic E-state index is 0.144. The van der Waals surface area contributed by atoms with Gasteiger partial charge in [-0.05, 0) is 76.1 Å². The van der Waals surface area contributed by atoms with Gasteiger partial charge in [-0.25, -0.2) is 0 Å². The molecule has 1 atom stereocenters. The maximum Gasteiger partial charge on any atom is 0.732 e. The molecule has 0 saturated heterocycles. The zero-order valence-corrected chi connectivity index (χ0v) is 15.1. The van der Waals surface area contributed by atoms with Crippen molar-refractivity contribution in [1.82, 2.24) is 4.48 Å². The lowest BCUT2D eigenvalue weighted by Gasteiger charge is -2.34. The van der Waals surface area contributed by atoms with Gasteiger partial charge in [-0.3, -0.25) is 0 Å². The van der Waals surface area contributed by atoms with E-state index < -0.39 is 6.97 Å². The first kappa shape index (κ1) is 16.3. The summed E-state index contributed by atoms with van der Waals surface area (Å²) in [5, 5.41) is 9.56. The number of aromatic hydroxyl groups is 1. The molecule has 1 aromatic heterocycles. The van der Waals surface area contributed by atoms with Gasteiger partial charge in [0.1, 0.15) is 18.0 Å². The van der Waals surface area contributed by atoms with Crippen LogP contribution >= 0.6 is 15.9 Å². The minimum atomic E-state index is -3.86. The summed E-state index contributed by atoms with van der Waals surface area (Å²) in [6.07, 6.45) is 9.06. The molecule has 3 nitrogen and oxygen atoms in total. The van der Waals surface area contributed by atoms with Crippen LogP contribution in [0.3, 0.4) is 0 Å². The first-order valence-electron chi connectivity index (χ1n) is 8.07. The van der Waals surface area contributed by atoms with Crippen LogP contribution in [-0.2, 0) is 6.42 Å². The molecule has 3 heterocycles. The molecule has 0 bridgehead atoms. The number of hydrogen-bond donors (Lipinski definition) is 1. The normalized spacial score (nSPS) is 20.6. The molecule has 0 amide bonds. The summed E-state index contributed by atoms with van der Waals surface area (Å²) >= 11 is 3.26. The fourth-order valence-electron chi connectivity index (χ4n) is 3.61. The van der Waals surface area contributed by atoms with Crippen molar-refractivity contribution in [2.24, 2.45) is 0 Å². The quantitative estimate of drug-likeness (QED) is 0.745. The molecule has 0 spiro atoms. The van der Waals surface area contributed by atoms with E-state index in [1.165, 1.54) is 15.2 Å². The Morgan fingerprint density at radius 1 is 1.32 bits per heavy atom. The van der Waals surface area contributed by atoms with Crippen molar-refractivity contribution in [2.45, 2.75) is 19.4 Å². The molecule has 2 aromatic rings. The highest BCUT2D eigenvalue weighted by Crippen LogP contribution is 2.33. The number of nitrogens with zero attached hydrogens (tertiary/aromatic N) is 2. The summed E-state index contributed by atoms with van der Waals surface area (Å²) in [5.41, 5.74) is 2.88. The molecule has 4 rings (SSSR count). The fourth-order valence-corrected chi connectivity index (χ4v) is 4.01. The number of rotatable bonds is 2. The third-order valence-electron chi connectivity index (χ3n) is 4.85. The van der Waals surface area contributed by atoms with E-state index >= 15 is 8.63 Å². The van der Waals surface area contributed by atoms with Gasteiger partial charge in [0.05, 0.1) is 4.47 Å². The van der Waals surface area contributed by atoms with Gasteiger partial charge in [-0.1, -0.05) is 12.1 Å². The van der Waals surface area contributed by atoms with Crippen LogP contribution in [0.15, 0.2) is 40.9 Å².